The predicted molar refractivity (Wildman–Crippen MR) is 101 cm³/mol. The Bertz CT molecular complexity index is 1090. The maximum Gasteiger partial charge on any atom is 0.261 e. The first kappa shape index (κ1) is 18.3. The van der Waals surface area contributed by atoms with E-state index in [9.17, 15) is 8.42 Å². The third kappa shape index (κ3) is 4.19. The zero-order valence-electron chi connectivity index (χ0n) is 14.4. The first-order valence-corrected chi connectivity index (χ1v) is 9.45. The van der Waals surface area contributed by atoms with Crippen LogP contribution in [0.25, 0.3) is 0 Å². The van der Waals surface area contributed by atoms with Crippen LogP contribution in [0, 0.1) is 11.3 Å². The van der Waals surface area contributed by atoms with Crippen molar-refractivity contribution >= 4 is 15.7 Å². The molecule has 0 spiro atoms. The van der Waals surface area contributed by atoms with Gasteiger partial charge in [-0.3, -0.25) is 4.72 Å². The molecule has 3 aromatic carbocycles. The molecule has 0 bridgehead atoms. The van der Waals surface area contributed by atoms with Crippen LogP contribution >= 0.6 is 0 Å². The molecule has 0 heterocycles. The number of ether oxygens (including phenoxy) is 2. The molecular weight excluding hydrogens is 364 g/mol. The molecule has 27 heavy (non-hydrogen) atoms. The largest absolute Gasteiger partial charge is 0.493 e. The quantitative estimate of drug-likeness (QED) is 0.694. The van der Waals surface area contributed by atoms with E-state index in [-0.39, 0.29) is 16.1 Å². The summed E-state index contributed by atoms with van der Waals surface area (Å²) in [6.07, 6.45) is 0. The zero-order valence-corrected chi connectivity index (χ0v) is 15.2. The van der Waals surface area contributed by atoms with Crippen molar-refractivity contribution in [3.63, 3.8) is 0 Å². The number of nitrogens with one attached hydrogen (secondary N) is 1. The van der Waals surface area contributed by atoms with E-state index in [0.717, 1.165) is 0 Å². The van der Waals surface area contributed by atoms with Crippen LogP contribution in [-0.2, 0) is 10.0 Å². The van der Waals surface area contributed by atoms with Crippen LogP contribution in [0.15, 0.2) is 77.7 Å². The van der Waals surface area contributed by atoms with Gasteiger partial charge in [0.15, 0.2) is 11.5 Å². The first-order valence-electron chi connectivity index (χ1n) is 7.96. The Kier molecular flexibility index (Phi) is 5.29. The Morgan fingerprint density at radius 1 is 0.889 bits per heavy atom. The molecule has 1 N–H and O–H groups in total. The van der Waals surface area contributed by atoms with Gasteiger partial charge in [-0.2, -0.15) is 5.26 Å². The number of nitriles is 1. The van der Waals surface area contributed by atoms with Crippen LogP contribution in [-0.4, -0.2) is 15.5 Å². The monoisotopic (exact) mass is 380 g/mol. The summed E-state index contributed by atoms with van der Waals surface area (Å²) < 4.78 is 38.5. The molecule has 0 saturated heterocycles. The normalized spacial score (nSPS) is 10.7. The topological polar surface area (TPSA) is 88.4 Å². The summed E-state index contributed by atoms with van der Waals surface area (Å²) in [6.45, 7) is 0. The highest BCUT2D eigenvalue weighted by Gasteiger charge is 2.16. The standard InChI is InChI=1S/C20H16N2O4S/c1-25-19-8-4-5-9-20(19)26-16-10-12-17(13-11-16)27(23,24)22-18-7-3-2-6-15(18)14-21/h2-13,22H,1H3. The summed E-state index contributed by atoms with van der Waals surface area (Å²) in [5, 5.41) is 9.09. The SMILES string of the molecule is COc1ccccc1Oc1ccc(S(=O)(=O)Nc2ccccc2C#N)cc1. The molecule has 0 aliphatic carbocycles. The molecule has 0 fully saturated rings. The molecule has 0 radical (unpaired) electrons. The minimum Gasteiger partial charge on any atom is -0.493 e. The lowest BCUT2D eigenvalue weighted by atomic mass is 10.2. The molecule has 3 rings (SSSR count). The van der Waals surface area contributed by atoms with Crippen molar-refractivity contribution in [1.29, 1.82) is 5.26 Å². The Balaban J connectivity index is 1.81. The Labute approximate surface area is 157 Å². The van der Waals surface area contributed by atoms with Gasteiger partial charge in [-0.15, -0.1) is 0 Å². The van der Waals surface area contributed by atoms with Gasteiger partial charge >= 0.3 is 0 Å². The van der Waals surface area contributed by atoms with Crippen LogP contribution in [0.4, 0.5) is 5.69 Å². The molecule has 3 aromatic rings. The number of para-hydroxylation sites is 3. The van der Waals surface area contributed by atoms with Crippen molar-refractivity contribution in [2.75, 3.05) is 11.8 Å². The fraction of sp³-hybridized carbons (Fsp3) is 0.0500. The third-order valence-corrected chi connectivity index (χ3v) is 5.10. The number of benzene rings is 3. The van der Waals surface area contributed by atoms with Crippen molar-refractivity contribution in [1.82, 2.24) is 0 Å². The van der Waals surface area contributed by atoms with Crippen molar-refractivity contribution in [3.05, 3.63) is 78.4 Å². The minimum atomic E-state index is -3.83. The third-order valence-electron chi connectivity index (χ3n) is 3.72. The van der Waals surface area contributed by atoms with Gasteiger partial charge in [-0.25, -0.2) is 8.42 Å². The molecule has 0 aliphatic heterocycles. The summed E-state index contributed by atoms with van der Waals surface area (Å²) >= 11 is 0. The second kappa shape index (κ2) is 7.81. The summed E-state index contributed by atoms with van der Waals surface area (Å²) in [5.74, 6) is 1.57. The zero-order chi connectivity index (χ0) is 19.3. The van der Waals surface area contributed by atoms with Gasteiger partial charge in [0.1, 0.15) is 11.8 Å². The van der Waals surface area contributed by atoms with Crippen molar-refractivity contribution < 1.29 is 17.9 Å². The average Bonchev–Trinajstić information content (AvgIpc) is 2.69. The molecule has 0 unspecified atom stereocenters. The van der Waals surface area contributed by atoms with Gasteiger partial charge in [0.25, 0.3) is 10.0 Å². The molecule has 6 nitrogen and oxygen atoms in total. The molecule has 0 aromatic heterocycles. The highest BCUT2D eigenvalue weighted by atomic mass is 32.2. The van der Waals surface area contributed by atoms with E-state index in [1.807, 2.05) is 18.2 Å². The molecule has 0 amide bonds. The average molecular weight is 380 g/mol. The molecule has 136 valence electrons. The Morgan fingerprint density at radius 2 is 1.52 bits per heavy atom. The number of nitrogens with zero attached hydrogens (tertiary/aromatic N) is 1. The van der Waals surface area contributed by atoms with Crippen LogP contribution < -0.4 is 14.2 Å². The number of hydrogen-bond donors (Lipinski definition) is 1. The van der Waals surface area contributed by atoms with E-state index >= 15 is 0 Å². The summed E-state index contributed by atoms with van der Waals surface area (Å²) in [5.41, 5.74) is 0.478. The Hall–Kier alpha value is -3.50. The number of rotatable bonds is 6. The maximum atomic E-state index is 12.6. The number of hydrogen-bond acceptors (Lipinski definition) is 5. The summed E-state index contributed by atoms with van der Waals surface area (Å²) in [7, 11) is -2.29. The lowest BCUT2D eigenvalue weighted by Crippen LogP contribution is -2.13. The van der Waals surface area contributed by atoms with Crippen LogP contribution in [0.1, 0.15) is 5.56 Å². The highest BCUT2D eigenvalue weighted by molar-refractivity contribution is 7.92. The van der Waals surface area contributed by atoms with E-state index in [2.05, 4.69) is 4.72 Å². The smallest absolute Gasteiger partial charge is 0.261 e. The van der Waals surface area contributed by atoms with Gasteiger partial charge < -0.3 is 9.47 Å². The Morgan fingerprint density at radius 3 is 2.19 bits per heavy atom. The molecule has 0 atom stereocenters. The predicted octanol–water partition coefficient (Wildman–Crippen LogP) is 4.16. The second-order valence-electron chi connectivity index (χ2n) is 5.49. The minimum absolute atomic E-state index is 0.0580. The number of anilines is 1. The molecule has 0 aliphatic rings. The van der Waals surface area contributed by atoms with Crippen molar-refractivity contribution in [3.8, 4) is 23.3 Å². The molecule has 0 saturated carbocycles. The van der Waals surface area contributed by atoms with E-state index in [4.69, 9.17) is 14.7 Å². The van der Waals surface area contributed by atoms with Gasteiger partial charge in [0.05, 0.1) is 23.3 Å². The molecular formula is C20H16N2O4S. The number of sulfonamides is 1. The fourth-order valence-corrected chi connectivity index (χ4v) is 3.47. The summed E-state index contributed by atoms with van der Waals surface area (Å²) in [4.78, 5) is 0.0580. The van der Waals surface area contributed by atoms with Crippen molar-refractivity contribution in [2.45, 2.75) is 4.90 Å². The lowest BCUT2D eigenvalue weighted by molar-refractivity contribution is 0.379. The number of methoxy groups -OCH3 is 1. The first-order chi connectivity index (χ1) is 13.0. The van der Waals surface area contributed by atoms with Gasteiger partial charge in [0.2, 0.25) is 0 Å². The molecule has 7 heteroatoms. The fourth-order valence-electron chi connectivity index (χ4n) is 2.39. The van der Waals surface area contributed by atoms with E-state index < -0.39 is 10.0 Å². The maximum absolute atomic E-state index is 12.6. The van der Waals surface area contributed by atoms with Gasteiger partial charge in [-0.1, -0.05) is 24.3 Å². The van der Waals surface area contributed by atoms with Crippen LogP contribution in [0.2, 0.25) is 0 Å². The van der Waals surface area contributed by atoms with Gasteiger partial charge in [-0.05, 0) is 48.5 Å². The van der Waals surface area contributed by atoms with E-state index in [1.165, 1.54) is 18.2 Å². The van der Waals surface area contributed by atoms with E-state index in [0.29, 0.717) is 17.2 Å². The second-order valence-corrected chi connectivity index (χ2v) is 7.17. The van der Waals surface area contributed by atoms with Crippen molar-refractivity contribution in [2.24, 2.45) is 0 Å². The van der Waals surface area contributed by atoms with E-state index in [1.54, 1.807) is 49.6 Å². The van der Waals surface area contributed by atoms with Crippen LogP contribution in [0.5, 0.6) is 17.2 Å². The lowest BCUT2D eigenvalue weighted by Gasteiger charge is -2.12. The van der Waals surface area contributed by atoms with Gasteiger partial charge in [0, 0.05) is 0 Å². The summed E-state index contributed by atoms with van der Waals surface area (Å²) in [6, 6.07) is 21.5. The van der Waals surface area contributed by atoms with Crippen LogP contribution in [0.3, 0.4) is 0 Å². The highest BCUT2D eigenvalue weighted by Crippen LogP contribution is 2.31.